The Hall–Kier alpha value is -7.57. The molecule has 0 bridgehead atoms. The number of aromatic amines is 2. The summed E-state index contributed by atoms with van der Waals surface area (Å²) in [5, 5.41) is 10.9. The third kappa shape index (κ3) is 16.5. The summed E-state index contributed by atoms with van der Waals surface area (Å²) in [6, 6.07) is 1.27. The number of fused-ring (bicyclic) bond motifs is 3. The van der Waals surface area contributed by atoms with Gasteiger partial charge in [-0.25, -0.2) is 62.7 Å². The fraction of sp³-hybridized carbons (Fsp3) is 0.531. The highest BCUT2D eigenvalue weighted by molar-refractivity contribution is 7.48. The summed E-state index contributed by atoms with van der Waals surface area (Å²) in [6.45, 7) is -3.06. The van der Waals surface area contributed by atoms with Crippen molar-refractivity contribution in [3.05, 3.63) is 97.3 Å². The summed E-state index contributed by atoms with van der Waals surface area (Å²) >= 11 is 0. The van der Waals surface area contributed by atoms with E-state index in [2.05, 4.69) is 54.8 Å². The van der Waals surface area contributed by atoms with Crippen LogP contribution in [0.3, 0.4) is 0 Å². The van der Waals surface area contributed by atoms with E-state index in [1.807, 2.05) is 0 Å². The van der Waals surface area contributed by atoms with Crippen LogP contribution in [0.25, 0.3) is 33.5 Å². The summed E-state index contributed by atoms with van der Waals surface area (Å²) in [6.07, 6.45) is -15.0. The monoisotopic (exact) mass is 1550 g/mol. The molecule has 5 saturated heterocycles. The minimum absolute atomic E-state index is 0.0387. The van der Waals surface area contributed by atoms with Gasteiger partial charge >= 0.3 is 50.9 Å². The van der Waals surface area contributed by atoms with E-state index in [0.29, 0.717) is 0 Å². The number of nitrogens with two attached hydrogens (primary N) is 4. The van der Waals surface area contributed by atoms with Crippen molar-refractivity contribution in [2.45, 2.75) is 131 Å². The van der Waals surface area contributed by atoms with Gasteiger partial charge in [-0.2, -0.15) is 9.97 Å². The van der Waals surface area contributed by atoms with Gasteiger partial charge < -0.3 is 71.3 Å². The van der Waals surface area contributed by atoms with E-state index in [1.165, 1.54) is 51.7 Å². The van der Waals surface area contributed by atoms with Crippen LogP contribution in [-0.2, 0) is 87.2 Å². The van der Waals surface area contributed by atoms with E-state index in [9.17, 15) is 71.6 Å². The maximum absolute atomic E-state index is 14.3. The highest BCUT2D eigenvalue weighted by atomic mass is 31.2. The van der Waals surface area contributed by atoms with Crippen molar-refractivity contribution in [2.75, 3.05) is 56.0 Å². The highest BCUT2D eigenvalue weighted by Gasteiger charge is 2.50. The molecule has 13 rings (SSSR count). The molecular formula is C49H62N20O29P5+. The summed E-state index contributed by atoms with van der Waals surface area (Å²) < 4.78 is 153. The minimum Gasteiger partial charge on any atom is -0.390 e. The summed E-state index contributed by atoms with van der Waals surface area (Å²) in [5.74, 6) is -0.558. The normalized spacial score (nSPS) is 29.2. The van der Waals surface area contributed by atoms with Crippen molar-refractivity contribution in [2.24, 2.45) is 0 Å². The van der Waals surface area contributed by atoms with Gasteiger partial charge in [0, 0.05) is 54.6 Å². The Kier molecular flexibility index (Phi) is 21.0. The number of rotatable bonds is 28. The molecule has 0 aromatic carbocycles. The zero-order valence-electron chi connectivity index (χ0n) is 52.7. The predicted octanol–water partition coefficient (Wildman–Crippen LogP) is -1.28. The Morgan fingerprint density at radius 3 is 1.39 bits per heavy atom. The molecule has 556 valence electrons. The largest absolute Gasteiger partial charge is 0.694 e. The van der Waals surface area contributed by atoms with Crippen LogP contribution in [0.4, 0.5) is 23.4 Å². The van der Waals surface area contributed by atoms with Crippen LogP contribution in [0, 0.1) is 6.92 Å². The molecular weight excluding hydrogens is 1490 g/mol. The van der Waals surface area contributed by atoms with Gasteiger partial charge in [0.05, 0.1) is 51.5 Å². The third-order valence-corrected chi connectivity index (χ3v) is 21.2. The summed E-state index contributed by atoms with van der Waals surface area (Å²) in [4.78, 5) is 146. The van der Waals surface area contributed by atoms with Crippen molar-refractivity contribution < 1.29 is 117 Å². The van der Waals surface area contributed by atoms with Crippen LogP contribution >= 0.6 is 39.5 Å². The predicted molar refractivity (Wildman–Crippen MR) is 338 cm³/mol. The number of aryl methyl sites for hydroxylation is 1. The maximum atomic E-state index is 14.3. The van der Waals surface area contributed by atoms with Crippen LogP contribution in [0.5, 0.6) is 0 Å². The first-order chi connectivity index (χ1) is 48.8. The molecule has 13 heterocycles. The number of phosphoric ester groups is 4. The first-order valence-corrected chi connectivity index (χ1v) is 37.6. The third-order valence-electron chi connectivity index (χ3n) is 16.7. The van der Waals surface area contributed by atoms with E-state index in [-0.39, 0.29) is 81.7 Å². The number of aromatic nitrogens is 16. The molecule has 0 amide bonds. The number of H-pyrrole nitrogens is 2. The van der Waals surface area contributed by atoms with E-state index < -0.39 is 200 Å². The van der Waals surface area contributed by atoms with Crippen molar-refractivity contribution in [1.29, 1.82) is 0 Å². The SMILES string of the molecule is Cc1cn([C@H]2C[C@H](O)[C@@H](COP(=O)(O)O[C@H]3C[C@H](n4cnc5c(=O)[nH]c(N)nc54)O[C@@H]3COP(=O)(O)O[C@H]3C[C@H](n4cnc5c(N)ncnc54)O[C@@H]3COP(=O)(O)O[C@H]3C[C@H](n4cnc5c(N)ncnc54)O[C@@H]3COP(=O)(O)O[C@H]3C[C@H](n4ccc(N)nc4=O)O[C@@H]3CO[P+](=O)O)O2)c(=O)[nH]c1=O. The fourth-order valence-corrected chi connectivity index (χ4v) is 16.1. The van der Waals surface area contributed by atoms with Crippen LogP contribution in [0.1, 0.15) is 68.8 Å². The second-order valence-electron chi connectivity index (χ2n) is 23.5. The highest BCUT2D eigenvalue weighted by Crippen LogP contribution is 2.55. The molecule has 20 atom stereocenters. The topological polar surface area (TPSA) is 681 Å². The number of aliphatic hydroxyl groups excluding tert-OH is 1. The molecule has 0 saturated carbocycles. The number of hydrogen-bond donors (Lipinski definition) is 12. The molecule has 8 aromatic heterocycles. The van der Waals surface area contributed by atoms with Crippen LogP contribution in [-0.4, -0.2) is 201 Å². The molecule has 5 aliphatic heterocycles. The lowest BCUT2D eigenvalue weighted by Crippen LogP contribution is -2.33. The number of nitrogen functional groups attached to an aromatic ring is 4. The number of nitrogens with zero attached hydrogens (tertiary/aromatic N) is 14. The number of aliphatic hydroxyl groups is 1. The van der Waals surface area contributed by atoms with Gasteiger partial charge in [0.15, 0.2) is 34.1 Å². The van der Waals surface area contributed by atoms with Crippen molar-refractivity contribution >= 4 is 96.4 Å². The van der Waals surface area contributed by atoms with Crippen molar-refractivity contribution in [3.8, 4) is 0 Å². The van der Waals surface area contributed by atoms with E-state index >= 15 is 0 Å². The smallest absolute Gasteiger partial charge is 0.390 e. The van der Waals surface area contributed by atoms with Gasteiger partial charge in [-0.3, -0.25) is 78.6 Å². The number of anilines is 4. The molecule has 49 nitrogen and oxygen atoms in total. The van der Waals surface area contributed by atoms with Crippen LogP contribution in [0.2, 0.25) is 0 Å². The molecule has 5 aliphatic rings. The van der Waals surface area contributed by atoms with Crippen LogP contribution < -0.4 is 45.4 Å². The maximum Gasteiger partial charge on any atom is 0.694 e. The molecule has 54 heteroatoms. The molecule has 16 N–H and O–H groups in total. The minimum atomic E-state index is -5.50. The van der Waals surface area contributed by atoms with Gasteiger partial charge in [0.25, 0.3) is 11.1 Å². The average molecular weight is 1550 g/mol. The number of phosphoric acid groups is 4. The number of imidazole rings is 3. The van der Waals surface area contributed by atoms with Crippen molar-refractivity contribution in [3.63, 3.8) is 0 Å². The van der Waals surface area contributed by atoms with Crippen LogP contribution in [0.15, 0.2) is 69.3 Å². The second-order valence-corrected chi connectivity index (χ2v) is 29.9. The fourth-order valence-electron chi connectivity index (χ4n) is 11.9. The van der Waals surface area contributed by atoms with E-state index in [4.69, 9.17) is 87.3 Å². The zero-order chi connectivity index (χ0) is 73.2. The van der Waals surface area contributed by atoms with E-state index in [0.717, 1.165) is 28.1 Å². The molecule has 0 spiro atoms. The lowest BCUT2D eigenvalue weighted by Gasteiger charge is -2.25. The van der Waals surface area contributed by atoms with Crippen molar-refractivity contribution in [1.82, 2.24) is 77.7 Å². The van der Waals surface area contributed by atoms with Gasteiger partial charge in [0.2, 0.25) is 5.95 Å². The van der Waals surface area contributed by atoms with Gasteiger partial charge in [-0.1, -0.05) is 0 Å². The Labute approximate surface area is 573 Å². The molecule has 0 aliphatic carbocycles. The molecule has 0 radical (unpaired) electrons. The first kappa shape index (κ1) is 73.7. The number of ether oxygens (including phenoxy) is 5. The Balaban J connectivity index is 0.712. The molecule has 5 unspecified atom stereocenters. The lowest BCUT2D eigenvalue weighted by atomic mass is 10.2. The molecule has 103 heavy (non-hydrogen) atoms. The Morgan fingerprint density at radius 1 is 0.524 bits per heavy atom. The summed E-state index contributed by atoms with van der Waals surface area (Å²) in [7, 11) is -24.8. The van der Waals surface area contributed by atoms with Gasteiger partial charge in [-0.15, -0.1) is 9.42 Å². The standard InChI is InChI=1S/C49H61N20O29P5/c1-20-9-66(49(74)64-45(20)71)32-4-21(70)26(90-32)11-86-100(77,78)96-25-8-36(69-19-60-39-44(69)62-47(53)63-46(39)72)94-30(25)14-89-103(83,84)98-24-7-35(68-18-59-38-41(52)55-16-57-43(38)68)93-29(24)13-88-102(81,82)97-23-6-34(67-17-58-37-40(51)54-15-56-42(37)67)92-28(23)12-87-101(79,80)95-22-5-33(91-27(22)10-85-99(75)76)65-3-2-31(50)61-48(65)73/h2-3,9,15-19,21-30,32-36,70H,4-8,10-14H2,1H3,(H14-,50,51,52,53,54,55,56,57,61,62,63,64,71,72,73,74,75,76,77,78,79,80,81,82,83,84)/p+1/t21-,22-,23-,24-,25-,26+,27+,28+,29+,30+,32+,33+,34+,35+,36+/m0/s1. The van der Waals surface area contributed by atoms with Gasteiger partial charge in [0.1, 0.15) is 122 Å². The number of hydrogen-bond acceptors (Lipinski definition) is 37. The quantitative estimate of drug-likeness (QED) is 0.0254. The van der Waals surface area contributed by atoms with Gasteiger partial charge in [-0.05, 0) is 13.0 Å². The summed E-state index contributed by atoms with van der Waals surface area (Å²) in [5.41, 5.74) is 20.6. The zero-order valence-corrected chi connectivity index (χ0v) is 57.2. The van der Waals surface area contributed by atoms with E-state index in [1.54, 1.807) is 0 Å². The Bertz CT molecular complexity index is 4980. The lowest BCUT2D eigenvalue weighted by molar-refractivity contribution is -0.0632. The first-order valence-electron chi connectivity index (χ1n) is 30.4. The molecule has 8 aromatic rings. The Morgan fingerprint density at radius 2 is 0.932 bits per heavy atom. The average Bonchev–Trinajstić information content (AvgIpc) is 1.64. The number of nitrogens with one attached hydrogen (secondary N) is 2. The molecule has 5 fully saturated rings. The second kappa shape index (κ2) is 29.4.